The zero-order valence-corrected chi connectivity index (χ0v) is 28.2. The molecule has 0 atom stereocenters. The number of hydrogen-bond donors (Lipinski definition) is 0. The summed E-state index contributed by atoms with van der Waals surface area (Å²) in [6.45, 7) is 4.73. The molecular formula is C49H35N. The van der Waals surface area contributed by atoms with Crippen molar-refractivity contribution >= 4 is 60.2 Å². The molecule has 0 aromatic heterocycles. The van der Waals surface area contributed by atoms with Crippen LogP contribution in [0.4, 0.5) is 17.1 Å². The molecule has 0 radical (unpaired) electrons. The molecule has 1 aliphatic carbocycles. The number of hydrogen-bond acceptors (Lipinski definition) is 1. The zero-order valence-electron chi connectivity index (χ0n) is 28.2. The second-order valence-electron chi connectivity index (χ2n) is 14.1. The van der Waals surface area contributed by atoms with Gasteiger partial charge < -0.3 is 4.90 Å². The van der Waals surface area contributed by atoms with Gasteiger partial charge in [-0.15, -0.1) is 0 Å². The van der Waals surface area contributed by atoms with Crippen molar-refractivity contribution in [1.29, 1.82) is 0 Å². The fraction of sp³-hybridized carbons (Fsp3) is 0.0612. The molecule has 0 N–H and O–H groups in total. The van der Waals surface area contributed by atoms with Gasteiger partial charge in [0.05, 0.1) is 11.4 Å². The van der Waals surface area contributed by atoms with Crippen LogP contribution in [0.15, 0.2) is 176 Å². The first-order valence-electron chi connectivity index (χ1n) is 17.5. The Morgan fingerprint density at radius 1 is 0.380 bits per heavy atom. The second kappa shape index (κ2) is 10.9. The quantitative estimate of drug-likeness (QED) is 0.174. The second-order valence-corrected chi connectivity index (χ2v) is 14.1. The molecule has 0 unspecified atom stereocenters. The highest BCUT2D eigenvalue weighted by Crippen LogP contribution is 2.55. The van der Waals surface area contributed by atoms with Crippen LogP contribution in [0.25, 0.3) is 65.3 Å². The molecule has 10 rings (SSSR count). The molecule has 1 aliphatic rings. The van der Waals surface area contributed by atoms with Gasteiger partial charge in [-0.3, -0.25) is 0 Å². The van der Waals surface area contributed by atoms with E-state index >= 15 is 0 Å². The summed E-state index contributed by atoms with van der Waals surface area (Å²) in [4.78, 5) is 2.54. The van der Waals surface area contributed by atoms with E-state index in [2.05, 4.69) is 195 Å². The Morgan fingerprint density at radius 2 is 0.980 bits per heavy atom. The summed E-state index contributed by atoms with van der Waals surface area (Å²) in [6, 6.07) is 65.1. The third kappa shape index (κ3) is 4.20. The smallest absolute Gasteiger partial charge is 0.0546 e. The van der Waals surface area contributed by atoms with Gasteiger partial charge in [-0.1, -0.05) is 166 Å². The van der Waals surface area contributed by atoms with Gasteiger partial charge in [-0.05, 0) is 89.8 Å². The van der Waals surface area contributed by atoms with E-state index in [1.807, 2.05) is 0 Å². The highest BCUT2D eigenvalue weighted by Gasteiger charge is 2.38. The van der Waals surface area contributed by atoms with Crippen LogP contribution in [-0.2, 0) is 5.41 Å². The summed E-state index contributed by atoms with van der Waals surface area (Å²) in [5.41, 5.74) is 11.2. The van der Waals surface area contributed by atoms with Crippen LogP contribution in [-0.4, -0.2) is 0 Å². The molecule has 236 valence electrons. The Morgan fingerprint density at radius 3 is 1.84 bits per heavy atom. The lowest BCUT2D eigenvalue weighted by molar-refractivity contribution is 0.660. The normalized spacial score (nSPS) is 13.2. The Balaban J connectivity index is 1.32. The van der Waals surface area contributed by atoms with Crippen molar-refractivity contribution in [3.8, 4) is 22.3 Å². The largest absolute Gasteiger partial charge is 0.309 e. The Kier molecular flexibility index (Phi) is 6.29. The fourth-order valence-electron chi connectivity index (χ4n) is 8.65. The lowest BCUT2D eigenvalue weighted by atomic mass is 9.82. The molecule has 0 saturated heterocycles. The van der Waals surface area contributed by atoms with Crippen molar-refractivity contribution in [3.05, 3.63) is 187 Å². The predicted octanol–water partition coefficient (Wildman–Crippen LogP) is 13.7. The number of anilines is 3. The van der Waals surface area contributed by atoms with E-state index in [0.29, 0.717) is 0 Å². The predicted molar refractivity (Wildman–Crippen MR) is 214 cm³/mol. The molecule has 0 heterocycles. The third-order valence-electron chi connectivity index (χ3n) is 11.0. The lowest BCUT2D eigenvalue weighted by Crippen LogP contribution is -2.16. The average Bonchev–Trinajstić information content (AvgIpc) is 3.41. The molecular weight excluding hydrogens is 603 g/mol. The molecule has 0 bridgehead atoms. The van der Waals surface area contributed by atoms with Gasteiger partial charge in [0.15, 0.2) is 0 Å². The minimum Gasteiger partial charge on any atom is -0.309 e. The molecule has 0 fully saturated rings. The molecule has 9 aromatic rings. The van der Waals surface area contributed by atoms with Gasteiger partial charge in [0.1, 0.15) is 0 Å². The SMILES string of the molecule is CC1(C)c2ccccc2-c2c(N(c3cccc(-c4cccc5ccccc45)c3)c3cc4c5ccccc5ccc4c4ccccc34)cccc21. The number of fused-ring (bicyclic) bond motifs is 9. The van der Waals surface area contributed by atoms with Crippen LogP contribution < -0.4 is 4.90 Å². The summed E-state index contributed by atoms with van der Waals surface area (Å²) >= 11 is 0. The van der Waals surface area contributed by atoms with Crippen molar-refractivity contribution in [2.24, 2.45) is 0 Å². The number of nitrogens with zero attached hydrogens (tertiary/aromatic N) is 1. The lowest BCUT2D eigenvalue weighted by Gasteiger charge is -2.31. The summed E-state index contributed by atoms with van der Waals surface area (Å²) in [6.07, 6.45) is 0. The maximum absolute atomic E-state index is 2.54. The molecule has 50 heavy (non-hydrogen) atoms. The van der Waals surface area contributed by atoms with Gasteiger partial charge in [0.25, 0.3) is 0 Å². The average molecular weight is 638 g/mol. The first kappa shape index (κ1) is 28.8. The van der Waals surface area contributed by atoms with E-state index in [1.54, 1.807) is 0 Å². The van der Waals surface area contributed by atoms with Crippen LogP contribution in [0.3, 0.4) is 0 Å². The Bertz CT molecular complexity index is 2800. The van der Waals surface area contributed by atoms with Crippen LogP contribution in [0, 0.1) is 0 Å². The first-order valence-corrected chi connectivity index (χ1v) is 17.5. The highest BCUT2D eigenvalue weighted by atomic mass is 15.1. The van der Waals surface area contributed by atoms with E-state index in [-0.39, 0.29) is 5.41 Å². The maximum atomic E-state index is 2.54. The van der Waals surface area contributed by atoms with E-state index in [4.69, 9.17) is 0 Å². The number of benzene rings is 9. The van der Waals surface area contributed by atoms with E-state index in [9.17, 15) is 0 Å². The zero-order chi connectivity index (χ0) is 33.4. The Hall–Kier alpha value is -6.18. The minimum absolute atomic E-state index is 0.111. The van der Waals surface area contributed by atoms with E-state index < -0.39 is 0 Å². The standard InChI is InChI=1S/C49H35N/c1-49(2)44-25-10-9-23-42(44)48-45(49)26-13-27-46(48)50(35-18-11-17-34(30-35)38-24-12-16-32-14-3-5-19-36(32)38)47-31-43-37-20-6-4-15-33(37)28-29-40(43)39-21-7-8-22-41(39)47/h3-31H,1-2H3. The van der Waals surface area contributed by atoms with Crippen LogP contribution >= 0.6 is 0 Å². The summed E-state index contributed by atoms with van der Waals surface area (Å²) in [7, 11) is 0. The fourth-order valence-corrected chi connectivity index (χ4v) is 8.65. The van der Waals surface area contributed by atoms with Crippen molar-refractivity contribution in [1.82, 2.24) is 0 Å². The van der Waals surface area contributed by atoms with E-state index in [0.717, 1.165) is 5.69 Å². The molecule has 0 aliphatic heterocycles. The topological polar surface area (TPSA) is 3.24 Å². The molecule has 1 nitrogen and oxygen atoms in total. The maximum Gasteiger partial charge on any atom is 0.0546 e. The van der Waals surface area contributed by atoms with Gasteiger partial charge in [-0.25, -0.2) is 0 Å². The van der Waals surface area contributed by atoms with Crippen LogP contribution in [0.2, 0.25) is 0 Å². The molecule has 0 spiro atoms. The van der Waals surface area contributed by atoms with Crippen LogP contribution in [0.5, 0.6) is 0 Å². The van der Waals surface area contributed by atoms with Gasteiger partial charge in [0, 0.05) is 22.1 Å². The van der Waals surface area contributed by atoms with Crippen molar-refractivity contribution in [3.63, 3.8) is 0 Å². The number of rotatable bonds is 4. The third-order valence-corrected chi connectivity index (χ3v) is 11.0. The molecule has 0 amide bonds. The Labute approximate surface area is 292 Å². The van der Waals surface area contributed by atoms with E-state index in [1.165, 1.54) is 87.8 Å². The monoisotopic (exact) mass is 637 g/mol. The van der Waals surface area contributed by atoms with Crippen molar-refractivity contribution < 1.29 is 0 Å². The van der Waals surface area contributed by atoms with Crippen LogP contribution in [0.1, 0.15) is 25.0 Å². The molecule has 0 saturated carbocycles. The molecule has 9 aromatic carbocycles. The van der Waals surface area contributed by atoms with Gasteiger partial charge >= 0.3 is 0 Å². The van der Waals surface area contributed by atoms with Gasteiger partial charge in [0.2, 0.25) is 0 Å². The highest BCUT2D eigenvalue weighted by molar-refractivity contribution is 6.21. The summed E-state index contributed by atoms with van der Waals surface area (Å²) in [5.74, 6) is 0. The van der Waals surface area contributed by atoms with Crippen molar-refractivity contribution in [2.75, 3.05) is 4.90 Å². The minimum atomic E-state index is -0.111. The van der Waals surface area contributed by atoms with Gasteiger partial charge in [-0.2, -0.15) is 0 Å². The summed E-state index contributed by atoms with van der Waals surface area (Å²) < 4.78 is 0. The summed E-state index contributed by atoms with van der Waals surface area (Å²) in [5, 5.41) is 10.1. The molecule has 1 heteroatoms. The first-order chi connectivity index (χ1) is 24.6. The van der Waals surface area contributed by atoms with Crippen molar-refractivity contribution in [2.45, 2.75) is 19.3 Å².